The van der Waals surface area contributed by atoms with Gasteiger partial charge in [0.1, 0.15) is 6.10 Å². The summed E-state index contributed by atoms with van der Waals surface area (Å²) in [5.74, 6) is -0.544. The van der Waals surface area contributed by atoms with Gasteiger partial charge in [-0.25, -0.2) is 0 Å². The van der Waals surface area contributed by atoms with Gasteiger partial charge in [-0.15, -0.1) is 0 Å². The molecule has 0 saturated carbocycles. The Morgan fingerprint density at radius 3 is 1.93 bits per heavy atom. The molecule has 0 aromatic heterocycles. The van der Waals surface area contributed by atoms with E-state index in [1.54, 1.807) is 0 Å². The van der Waals surface area contributed by atoms with E-state index in [0.29, 0.717) is 13.2 Å². The van der Waals surface area contributed by atoms with Crippen molar-refractivity contribution in [2.45, 2.75) is 57.6 Å². The average molecular weight is 414 g/mol. The number of hydrogen-bond acceptors (Lipinski definition) is 4. The SMILES string of the molecule is CN[C@H](CO[Si](c1ccccc1)(c1ccccc1)C(C)(C)C)[C@@H]1COC(C)(C)O1. The van der Waals surface area contributed by atoms with Gasteiger partial charge in [0.2, 0.25) is 0 Å². The molecule has 2 aromatic rings. The molecule has 0 spiro atoms. The first kappa shape index (κ1) is 22.2. The highest BCUT2D eigenvalue weighted by molar-refractivity contribution is 6.99. The molecule has 0 radical (unpaired) electrons. The van der Waals surface area contributed by atoms with Gasteiger partial charge >= 0.3 is 0 Å². The molecule has 1 aliphatic heterocycles. The molecule has 2 aromatic carbocycles. The minimum atomic E-state index is -2.55. The van der Waals surface area contributed by atoms with Crippen LogP contribution in [0.15, 0.2) is 60.7 Å². The highest BCUT2D eigenvalue weighted by Gasteiger charge is 2.51. The largest absolute Gasteiger partial charge is 0.406 e. The lowest BCUT2D eigenvalue weighted by Crippen LogP contribution is -2.67. The van der Waals surface area contributed by atoms with Crippen molar-refractivity contribution in [2.75, 3.05) is 20.3 Å². The van der Waals surface area contributed by atoms with Crippen LogP contribution in [0.1, 0.15) is 34.6 Å². The molecule has 1 N–H and O–H groups in total. The van der Waals surface area contributed by atoms with E-state index in [9.17, 15) is 0 Å². The second kappa shape index (κ2) is 8.70. The fraction of sp³-hybridized carbons (Fsp3) is 0.500. The Morgan fingerprint density at radius 2 is 1.55 bits per heavy atom. The van der Waals surface area contributed by atoms with Crippen molar-refractivity contribution in [1.29, 1.82) is 0 Å². The third kappa shape index (κ3) is 4.65. The fourth-order valence-corrected chi connectivity index (χ4v) is 8.85. The summed E-state index contributed by atoms with van der Waals surface area (Å²) in [5.41, 5.74) is 0. The zero-order valence-corrected chi connectivity index (χ0v) is 19.6. The summed E-state index contributed by atoms with van der Waals surface area (Å²) in [6.45, 7) is 12.0. The monoisotopic (exact) mass is 413 g/mol. The molecule has 0 amide bonds. The smallest absolute Gasteiger partial charge is 0.261 e. The predicted molar refractivity (Wildman–Crippen MR) is 121 cm³/mol. The van der Waals surface area contributed by atoms with Crippen molar-refractivity contribution in [1.82, 2.24) is 5.32 Å². The quantitative estimate of drug-likeness (QED) is 0.707. The Kier molecular flexibility index (Phi) is 6.66. The van der Waals surface area contributed by atoms with E-state index in [1.165, 1.54) is 10.4 Å². The van der Waals surface area contributed by atoms with Gasteiger partial charge in [0, 0.05) is 0 Å². The van der Waals surface area contributed by atoms with Crippen LogP contribution in [-0.4, -0.2) is 46.5 Å². The maximum atomic E-state index is 7.04. The van der Waals surface area contributed by atoms with Crippen molar-refractivity contribution in [3.63, 3.8) is 0 Å². The highest BCUT2D eigenvalue weighted by Crippen LogP contribution is 2.37. The minimum absolute atomic E-state index is 0.0341. The van der Waals surface area contributed by atoms with Crippen LogP contribution in [0.25, 0.3) is 0 Å². The van der Waals surface area contributed by atoms with Crippen LogP contribution >= 0.6 is 0 Å². The van der Waals surface area contributed by atoms with Crippen LogP contribution in [-0.2, 0) is 13.9 Å². The molecule has 2 atom stereocenters. The lowest BCUT2D eigenvalue weighted by atomic mass is 10.2. The van der Waals surface area contributed by atoms with Crippen LogP contribution in [0.2, 0.25) is 5.04 Å². The van der Waals surface area contributed by atoms with Gasteiger partial charge in [0.25, 0.3) is 8.32 Å². The molecule has 1 saturated heterocycles. The van der Waals surface area contributed by atoms with Crippen molar-refractivity contribution >= 4 is 18.7 Å². The first-order valence-corrected chi connectivity index (χ1v) is 12.3. The number of hydrogen-bond donors (Lipinski definition) is 1. The van der Waals surface area contributed by atoms with E-state index >= 15 is 0 Å². The summed E-state index contributed by atoms with van der Waals surface area (Å²) >= 11 is 0. The molecule has 3 rings (SSSR count). The predicted octanol–water partition coefficient (Wildman–Crippen LogP) is 3.30. The maximum absolute atomic E-state index is 7.04. The first-order valence-electron chi connectivity index (χ1n) is 10.4. The van der Waals surface area contributed by atoms with E-state index in [2.05, 4.69) is 86.8 Å². The van der Waals surface area contributed by atoms with Crippen LogP contribution in [0.3, 0.4) is 0 Å². The highest BCUT2D eigenvalue weighted by atomic mass is 28.4. The normalized spacial score (nSPS) is 20.6. The summed E-state index contributed by atoms with van der Waals surface area (Å²) in [6.07, 6.45) is -0.0341. The number of likely N-dealkylation sites (N-methyl/N-ethyl adjacent to an activating group) is 1. The Bertz CT molecular complexity index is 734. The third-order valence-electron chi connectivity index (χ3n) is 5.75. The lowest BCUT2D eigenvalue weighted by Gasteiger charge is -2.44. The van der Waals surface area contributed by atoms with Gasteiger partial charge in [-0.1, -0.05) is 81.4 Å². The first-order chi connectivity index (χ1) is 13.7. The molecule has 29 heavy (non-hydrogen) atoms. The Morgan fingerprint density at radius 1 is 1.03 bits per heavy atom. The van der Waals surface area contributed by atoms with Crippen molar-refractivity contribution in [3.05, 3.63) is 60.7 Å². The summed E-state index contributed by atoms with van der Waals surface area (Å²) in [6, 6.07) is 21.5. The van der Waals surface area contributed by atoms with E-state index in [0.717, 1.165) is 0 Å². The zero-order chi connectivity index (χ0) is 21.1. The van der Waals surface area contributed by atoms with Gasteiger partial charge < -0.3 is 19.2 Å². The molecule has 0 aliphatic carbocycles. The van der Waals surface area contributed by atoms with Crippen LogP contribution in [0.5, 0.6) is 0 Å². The lowest BCUT2D eigenvalue weighted by molar-refractivity contribution is -0.142. The van der Waals surface area contributed by atoms with Gasteiger partial charge in [-0.2, -0.15) is 0 Å². The fourth-order valence-electron chi connectivity index (χ4n) is 4.27. The summed E-state index contributed by atoms with van der Waals surface area (Å²) in [5, 5.41) is 5.94. The summed E-state index contributed by atoms with van der Waals surface area (Å²) < 4.78 is 19.0. The molecule has 1 aliphatic rings. The van der Waals surface area contributed by atoms with Crippen LogP contribution in [0.4, 0.5) is 0 Å². The molecular formula is C24H35NO3Si. The third-order valence-corrected chi connectivity index (χ3v) is 10.8. The van der Waals surface area contributed by atoms with E-state index in [1.807, 2.05) is 20.9 Å². The maximum Gasteiger partial charge on any atom is 0.261 e. The summed E-state index contributed by atoms with van der Waals surface area (Å²) in [4.78, 5) is 0. The molecule has 1 heterocycles. The van der Waals surface area contributed by atoms with Crippen LogP contribution < -0.4 is 15.7 Å². The molecule has 0 unspecified atom stereocenters. The van der Waals surface area contributed by atoms with Crippen LogP contribution in [0, 0.1) is 0 Å². The molecule has 0 bridgehead atoms. The van der Waals surface area contributed by atoms with Gasteiger partial charge in [-0.3, -0.25) is 0 Å². The molecule has 158 valence electrons. The number of nitrogens with one attached hydrogen (secondary N) is 1. The van der Waals surface area contributed by atoms with Gasteiger partial charge in [0.05, 0.1) is 19.3 Å². The topological polar surface area (TPSA) is 39.7 Å². The van der Waals surface area contributed by atoms with E-state index in [-0.39, 0.29) is 17.2 Å². The standard InChI is InChI=1S/C24H35NO3Si/c1-23(2,3)29(19-13-9-7-10-14-19,20-15-11-8-12-16-20)27-17-21(25-6)22-18-26-24(4,5)28-22/h7-16,21-22,25H,17-18H2,1-6H3/t21-,22+/m1/s1. The van der Waals surface area contributed by atoms with Gasteiger partial charge in [-0.05, 0) is 36.3 Å². The van der Waals surface area contributed by atoms with E-state index in [4.69, 9.17) is 13.9 Å². The molecule has 5 heteroatoms. The zero-order valence-electron chi connectivity index (χ0n) is 18.6. The van der Waals surface area contributed by atoms with Gasteiger partial charge in [0.15, 0.2) is 5.79 Å². The number of ether oxygens (including phenoxy) is 2. The second-order valence-corrected chi connectivity index (χ2v) is 13.5. The van der Waals surface area contributed by atoms with Crippen molar-refractivity contribution < 1.29 is 13.9 Å². The summed E-state index contributed by atoms with van der Waals surface area (Å²) in [7, 11) is -0.585. The van der Waals surface area contributed by atoms with E-state index < -0.39 is 14.1 Å². The number of rotatable bonds is 7. The molecule has 1 fully saturated rings. The minimum Gasteiger partial charge on any atom is -0.406 e. The Hall–Kier alpha value is -1.50. The molecule has 4 nitrogen and oxygen atoms in total. The Labute approximate surface area is 176 Å². The van der Waals surface area contributed by atoms with Crippen molar-refractivity contribution in [3.8, 4) is 0 Å². The van der Waals surface area contributed by atoms with Crippen molar-refractivity contribution in [2.24, 2.45) is 0 Å². The molecular weight excluding hydrogens is 378 g/mol. The number of benzene rings is 2. The average Bonchev–Trinajstić information content (AvgIpc) is 3.05. The second-order valence-electron chi connectivity index (χ2n) is 9.24. The Balaban J connectivity index is 1.97.